The van der Waals surface area contributed by atoms with E-state index in [1.54, 1.807) is 13.2 Å². The van der Waals surface area contributed by atoms with Crippen LogP contribution in [-0.4, -0.2) is 57.8 Å². The van der Waals surface area contributed by atoms with Crippen LogP contribution in [-0.2, 0) is 9.53 Å². The summed E-state index contributed by atoms with van der Waals surface area (Å²) in [6.45, 7) is 4.40. The molecule has 5 nitrogen and oxygen atoms in total. The Kier molecular flexibility index (Phi) is 6.49. The molecule has 2 aromatic carbocycles. The number of nitrogens with zero attached hydrogens (tertiary/aromatic N) is 2. The molecular weight excluding hydrogens is 340 g/mol. The van der Waals surface area contributed by atoms with Crippen LogP contribution in [0.5, 0.6) is 5.75 Å². The van der Waals surface area contributed by atoms with Gasteiger partial charge in [-0.3, -0.25) is 4.90 Å². The minimum Gasteiger partial charge on any atom is -0.495 e. The molecule has 142 valence electrons. The zero-order chi connectivity index (χ0) is 19.1. The van der Waals surface area contributed by atoms with Gasteiger partial charge in [0.2, 0.25) is 0 Å². The molecule has 0 saturated carbocycles. The summed E-state index contributed by atoms with van der Waals surface area (Å²) >= 11 is 0. The van der Waals surface area contributed by atoms with E-state index in [0.717, 1.165) is 55.3 Å². The number of methoxy groups -OCH3 is 2. The van der Waals surface area contributed by atoms with Gasteiger partial charge in [-0.1, -0.05) is 42.5 Å². The minimum absolute atomic E-state index is 0.318. The first-order chi connectivity index (χ1) is 13.2. The Morgan fingerprint density at radius 3 is 2.30 bits per heavy atom. The smallest absolute Gasteiger partial charge is 0.330 e. The van der Waals surface area contributed by atoms with Gasteiger partial charge < -0.3 is 14.4 Å². The Morgan fingerprint density at radius 2 is 1.63 bits per heavy atom. The highest BCUT2D eigenvalue weighted by molar-refractivity contribution is 5.91. The number of para-hydroxylation sites is 2. The molecule has 0 atom stereocenters. The number of carbonyl (C=O) groups is 1. The zero-order valence-corrected chi connectivity index (χ0v) is 15.9. The highest BCUT2D eigenvalue weighted by atomic mass is 16.5. The van der Waals surface area contributed by atoms with Gasteiger partial charge in [0.15, 0.2) is 0 Å². The van der Waals surface area contributed by atoms with Gasteiger partial charge in [0.25, 0.3) is 0 Å². The van der Waals surface area contributed by atoms with Gasteiger partial charge in [0.05, 0.1) is 19.9 Å². The van der Waals surface area contributed by atoms with Crippen molar-refractivity contribution in [1.29, 1.82) is 0 Å². The lowest BCUT2D eigenvalue weighted by molar-refractivity contribution is -0.134. The average Bonchev–Trinajstić information content (AvgIpc) is 2.74. The summed E-state index contributed by atoms with van der Waals surface area (Å²) in [4.78, 5) is 16.5. The van der Waals surface area contributed by atoms with E-state index in [4.69, 9.17) is 9.47 Å². The lowest BCUT2D eigenvalue weighted by Gasteiger charge is -2.37. The fourth-order valence-corrected chi connectivity index (χ4v) is 3.35. The van der Waals surface area contributed by atoms with Crippen LogP contribution >= 0.6 is 0 Å². The van der Waals surface area contributed by atoms with Crippen molar-refractivity contribution in [3.63, 3.8) is 0 Å². The summed E-state index contributed by atoms with van der Waals surface area (Å²) in [6, 6.07) is 18.1. The Labute approximate surface area is 160 Å². The van der Waals surface area contributed by atoms with Crippen molar-refractivity contribution in [2.24, 2.45) is 0 Å². The van der Waals surface area contributed by atoms with Gasteiger partial charge in [0, 0.05) is 38.8 Å². The number of ether oxygens (including phenoxy) is 2. The Balaban J connectivity index is 1.67. The number of hydrogen-bond acceptors (Lipinski definition) is 5. The number of benzene rings is 2. The van der Waals surface area contributed by atoms with Crippen LogP contribution in [0.3, 0.4) is 0 Å². The van der Waals surface area contributed by atoms with Crippen LogP contribution in [0.4, 0.5) is 5.69 Å². The molecule has 2 aromatic rings. The standard InChI is InChI=1S/C22H26N2O3/c1-26-21-11-7-6-10-20(21)24-14-12-23(13-15-24)17-19(16-22(25)27-2)18-8-4-3-5-9-18/h3-11,16H,12-15,17H2,1-2H3/b19-16+. The highest BCUT2D eigenvalue weighted by Crippen LogP contribution is 2.28. The van der Waals surface area contributed by atoms with Crippen molar-refractivity contribution in [2.75, 3.05) is 51.8 Å². The van der Waals surface area contributed by atoms with E-state index in [1.165, 1.54) is 7.11 Å². The maximum Gasteiger partial charge on any atom is 0.330 e. The fraction of sp³-hybridized carbons (Fsp3) is 0.318. The van der Waals surface area contributed by atoms with Crippen LogP contribution in [0.15, 0.2) is 60.7 Å². The molecule has 0 radical (unpaired) electrons. The number of rotatable bonds is 6. The molecule has 1 fully saturated rings. The minimum atomic E-state index is -0.318. The SMILES string of the molecule is COC(=O)/C=C(\CN1CCN(c2ccccc2OC)CC1)c1ccccc1. The third kappa shape index (κ3) is 4.89. The fourth-order valence-electron chi connectivity index (χ4n) is 3.35. The van der Waals surface area contributed by atoms with Crippen LogP contribution in [0.25, 0.3) is 5.57 Å². The van der Waals surface area contributed by atoms with Gasteiger partial charge in [0.1, 0.15) is 5.75 Å². The van der Waals surface area contributed by atoms with E-state index >= 15 is 0 Å². The van der Waals surface area contributed by atoms with Crippen LogP contribution in [0.1, 0.15) is 5.56 Å². The monoisotopic (exact) mass is 366 g/mol. The maximum absolute atomic E-state index is 11.8. The van der Waals surface area contributed by atoms with Crippen molar-refractivity contribution < 1.29 is 14.3 Å². The molecule has 1 aliphatic rings. The van der Waals surface area contributed by atoms with Crippen LogP contribution in [0.2, 0.25) is 0 Å². The Morgan fingerprint density at radius 1 is 0.963 bits per heavy atom. The molecule has 0 spiro atoms. The van der Waals surface area contributed by atoms with Crippen molar-refractivity contribution in [3.05, 3.63) is 66.2 Å². The molecule has 1 heterocycles. The molecule has 1 aliphatic heterocycles. The first-order valence-corrected chi connectivity index (χ1v) is 9.15. The summed E-state index contributed by atoms with van der Waals surface area (Å²) in [7, 11) is 3.12. The van der Waals surface area contributed by atoms with Crippen molar-refractivity contribution >= 4 is 17.2 Å². The number of piperazine rings is 1. The number of carbonyl (C=O) groups excluding carboxylic acids is 1. The first kappa shape index (κ1) is 19.0. The second kappa shape index (κ2) is 9.24. The molecule has 0 amide bonds. The van der Waals surface area contributed by atoms with E-state index in [2.05, 4.69) is 15.9 Å². The van der Waals surface area contributed by atoms with E-state index in [1.807, 2.05) is 48.5 Å². The van der Waals surface area contributed by atoms with E-state index < -0.39 is 0 Å². The number of anilines is 1. The van der Waals surface area contributed by atoms with Gasteiger partial charge >= 0.3 is 5.97 Å². The normalized spacial score (nSPS) is 15.5. The molecule has 27 heavy (non-hydrogen) atoms. The molecule has 1 saturated heterocycles. The lowest BCUT2D eigenvalue weighted by atomic mass is 10.0. The first-order valence-electron chi connectivity index (χ1n) is 9.15. The summed E-state index contributed by atoms with van der Waals surface area (Å²) in [5.41, 5.74) is 3.16. The third-order valence-electron chi connectivity index (χ3n) is 4.83. The average molecular weight is 366 g/mol. The van der Waals surface area contributed by atoms with Crippen molar-refractivity contribution in [2.45, 2.75) is 0 Å². The second-order valence-corrected chi connectivity index (χ2v) is 6.49. The van der Waals surface area contributed by atoms with Gasteiger partial charge in [-0.2, -0.15) is 0 Å². The molecule has 3 rings (SSSR count). The lowest BCUT2D eigenvalue weighted by Crippen LogP contribution is -2.47. The van der Waals surface area contributed by atoms with Crippen LogP contribution in [0, 0.1) is 0 Å². The highest BCUT2D eigenvalue weighted by Gasteiger charge is 2.20. The third-order valence-corrected chi connectivity index (χ3v) is 4.83. The van der Waals surface area contributed by atoms with Crippen LogP contribution < -0.4 is 9.64 Å². The van der Waals surface area contributed by atoms with Gasteiger partial charge in [-0.05, 0) is 23.3 Å². The molecule has 0 bridgehead atoms. The summed E-state index contributed by atoms with van der Waals surface area (Å²) in [5, 5.41) is 0. The number of esters is 1. The van der Waals surface area contributed by atoms with E-state index in [0.29, 0.717) is 0 Å². The van der Waals surface area contributed by atoms with E-state index in [-0.39, 0.29) is 5.97 Å². The molecule has 0 N–H and O–H groups in total. The molecule has 5 heteroatoms. The molecule has 0 aromatic heterocycles. The van der Waals surface area contributed by atoms with Gasteiger partial charge in [-0.25, -0.2) is 4.79 Å². The van der Waals surface area contributed by atoms with Gasteiger partial charge in [-0.15, -0.1) is 0 Å². The topological polar surface area (TPSA) is 42.0 Å². The van der Waals surface area contributed by atoms with Crippen molar-refractivity contribution in [3.8, 4) is 5.75 Å². The summed E-state index contributed by atoms with van der Waals surface area (Å²) in [6.07, 6.45) is 1.60. The summed E-state index contributed by atoms with van der Waals surface area (Å²) < 4.78 is 10.3. The number of hydrogen-bond donors (Lipinski definition) is 0. The summed E-state index contributed by atoms with van der Waals surface area (Å²) in [5.74, 6) is 0.586. The van der Waals surface area contributed by atoms with E-state index in [9.17, 15) is 4.79 Å². The molecule has 0 unspecified atom stereocenters. The second-order valence-electron chi connectivity index (χ2n) is 6.49. The molecule has 0 aliphatic carbocycles. The predicted molar refractivity (Wildman–Crippen MR) is 108 cm³/mol. The molecular formula is C22H26N2O3. The maximum atomic E-state index is 11.8. The predicted octanol–water partition coefficient (Wildman–Crippen LogP) is 3.07. The zero-order valence-electron chi connectivity index (χ0n) is 15.9. The van der Waals surface area contributed by atoms with Crippen molar-refractivity contribution in [1.82, 2.24) is 4.90 Å². The largest absolute Gasteiger partial charge is 0.495 e. The quantitative estimate of drug-likeness (QED) is 0.581. The Hall–Kier alpha value is -2.79. The Bertz CT molecular complexity index is 781.